The molecule has 1 aromatic carbocycles. The predicted octanol–water partition coefficient (Wildman–Crippen LogP) is 3.22. The Morgan fingerprint density at radius 2 is 1.83 bits per heavy atom. The maximum absolute atomic E-state index is 12.2. The van der Waals surface area contributed by atoms with Crippen LogP contribution in [0.25, 0.3) is 0 Å². The number of hydrogen-bond donors (Lipinski definition) is 2. The van der Waals surface area contributed by atoms with E-state index in [4.69, 9.17) is 0 Å². The van der Waals surface area contributed by atoms with Crippen LogP contribution in [-0.4, -0.2) is 42.0 Å². The Hall–Kier alpha value is -3.99. The average Bonchev–Trinajstić information content (AvgIpc) is 3.50. The van der Waals surface area contributed by atoms with Crippen LogP contribution in [-0.2, 0) is 35.4 Å². The van der Waals surface area contributed by atoms with Gasteiger partial charge in [0.15, 0.2) is 5.82 Å². The van der Waals surface area contributed by atoms with Gasteiger partial charge in [-0.2, -0.15) is 10.2 Å². The lowest BCUT2D eigenvalue weighted by molar-refractivity contribution is -0.117. The molecule has 3 heterocycles. The third-order valence-electron chi connectivity index (χ3n) is 5.09. The van der Waals surface area contributed by atoms with Crippen LogP contribution < -0.4 is 10.6 Å². The number of unbranched alkanes of at least 4 members (excludes halogenated alkanes) is 1. The van der Waals surface area contributed by atoms with Gasteiger partial charge < -0.3 is 5.32 Å². The molecule has 2 amide bonds. The van der Waals surface area contributed by atoms with E-state index in [0.717, 1.165) is 47.5 Å². The van der Waals surface area contributed by atoms with Gasteiger partial charge in [0.05, 0.1) is 12.1 Å². The predicted molar refractivity (Wildman–Crippen MR) is 133 cm³/mol. The maximum Gasteiger partial charge on any atom is 0.247 e. The van der Waals surface area contributed by atoms with Crippen LogP contribution in [0.1, 0.15) is 34.7 Å². The van der Waals surface area contributed by atoms with E-state index in [2.05, 4.69) is 36.1 Å². The van der Waals surface area contributed by atoms with Crippen LogP contribution in [0.5, 0.6) is 0 Å². The minimum Gasteiger partial charge on any atom is -0.309 e. The number of aromatic nitrogens is 6. The molecule has 0 spiro atoms. The van der Waals surface area contributed by atoms with Crippen molar-refractivity contribution < 1.29 is 9.59 Å². The second-order valence-electron chi connectivity index (χ2n) is 8.08. The molecular weight excluding hydrogens is 464 g/mol. The van der Waals surface area contributed by atoms with Gasteiger partial charge in [-0.25, -0.2) is 0 Å². The Kier molecular flexibility index (Phi) is 8.23. The lowest BCUT2D eigenvalue weighted by Gasteiger charge is -2.05. The van der Waals surface area contributed by atoms with E-state index < -0.39 is 0 Å². The van der Waals surface area contributed by atoms with E-state index in [1.807, 2.05) is 37.3 Å². The van der Waals surface area contributed by atoms with Crippen molar-refractivity contribution in [3.8, 4) is 0 Å². The minimum atomic E-state index is -0.190. The molecule has 35 heavy (non-hydrogen) atoms. The minimum absolute atomic E-state index is 0.119. The molecular formula is C24H26N8O2S. The summed E-state index contributed by atoms with van der Waals surface area (Å²) in [6, 6.07) is 13.3. The summed E-state index contributed by atoms with van der Waals surface area (Å²) < 4.78 is 1.55. The van der Waals surface area contributed by atoms with Crippen molar-refractivity contribution in [1.82, 2.24) is 30.2 Å². The molecule has 0 unspecified atom stereocenters. The second kappa shape index (κ2) is 11.9. The van der Waals surface area contributed by atoms with Crippen LogP contribution in [0.4, 0.5) is 10.9 Å². The van der Waals surface area contributed by atoms with Crippen molar-refractivity contribution in [2.45, 2.75) is 45.6 Å². The first-order valence-electron chi connectivity index (χ1n) is 11.3. The monoisotopic (exact) mass is 490 g/mol. The number of amides is 2. The molecule has 11 heteroatoms. The average molecular weight is 491 g/mol. The van der Waals surface area contributed by atoms with Gasteiger partial charge in [0, 0.05) is 18.8 Å². The highest BCUT2D eigenvalue weighted by atomic mass is 32.1. The number of carbonyl (C=O) groups is 2. The van der Waals surface area contributed by atoms with E-state index in [9.17, 15) is 9.59 Å². The fourth-order valence-corrected chi connectivity index (χ4v) is 4.24. The van der Waals surface area contributed by atoms with Gasteiger partial charge in [-0.05, 0) is 49.9 Å². The van der Waals surface area contributed by atoms with Gasteiger partial charge in [-0.1, -0.05) is 41.2 Å². The molecule has 3 aromatic heterocycles. The summed E-state index contributed by atoms with van der Waals surface area (Å²) in [5.41, 5.74) is 2.95. The number of hydrogen-bond acceptors (Lipinski definition) is 8. The second-order valence-corrected chi connectivity index (χ2v) is 9.15. The zero-order valence-electron chi connectivity index (χ0n) is 19.3. The summed E-state index contributed by atoms with van der Waals surface area (Å²) in [6.45, 7) is 2.14. The topological polar surface area (TPSA) is 128 Å². The summed E-state index contributed by atoms with van der Waals surface area (Å²) >= 11 is 1.38. The fourth-order valence-electron chi connectivity index (χ4n) is 3.44. The van der Waals surface area contributed by atoms with Crippen molar-refractivity contribution >= 4 is 34.1 Å². The highest BCUT2D eigenvalue weighted by Crippen LogP contribution is 2.18. The lowest BCUT2D eigenvalue weighted by Crippen LogP contribution is -2.18. The molecule has 0 fully saturated rings. The van der Waals surface area contributed by atoms with Crippen LogP contribution in [0.3, 0.4) is 0 Å². The molecule has 180 valence electrons. The summed E-state index contributed by atoms with van der Waals surface area (Å²) in [4.78, 5) is 24.3. The van der Waals surface area contributed by atoms with Crippen LogP contribution in [0.2, 0.25) is 0 Å². The SMILES string of the molecule is Cc1cccc(CC(=O)Nc2ccc(CCCCc3nnc(NC(=O)Cn4cccn4)s3)nn2)c1. The third kappa shape index (κ3) is 7.78. The molecule has 0 aliphatic rings. The maximum atomic E-state index is 12.2. The van der Waals surface area contributed by atoms with Crippen LogP contribution >= 0.6 is 11.3 Å². The number of anilines is 2. The van der Waals surface area contributed by atoms with Crippen molar-refractivity contribution in [2.75, 3.05) is 10.6 Å². The molecule has 10 nitrogen and oxygen atoms in total. The first-order chi connectivity index (χ1) is 17.0. The van der Waals surface area contributed by atoms with Crippen molar-refractivity contribution in [1.29, 1.82) is 0 Å². The molecule has 4 aromatic rings. The first kappa shape index (κ1) is 24.1. The van der Waals surface area contributed by atoms with E-state index in [0.29, 0.717) is 17.4 Å². The number of benzene rings is 1. The quantitative estimate of drug-likeness (QED) is 0.309. The molecule has 0 aliphatic carbocycles. The molecule has 0 saturated heterocycles. The summed E-state index contributed by atoms with van der Waals surface area (Å²) in [6.07, 6.45) is 7.02. The van der Waals surface area contributed by atoms with Crippen LogP contribution in [0.15, 0.2) is 54.9 Å². The Balaban J connectivity index is 1.15. The van der Waals surface area contributed by atoms with E-state index >= 15 is 0 Å². The first-order valence-corrected chi connectivity index (χ1v) is 12.1. The fraction of sp³-hybridized carbons (Fsp3) is 0.292. The highest BCUT2D eigenvalue weighted by Gasteiger charge is 2.10. The van der Waals surface area contributed by atoms with E-state index in [1.54, 1.807) is 29.2 Å². The smallest absolute Gasteiger partial charge is 0.247 e. The van der Waals surface area contributed by atoms with Gasteiger partial charge in [0.2, 0.25) is 16.9 Å². The number of rotatable bonds is 11. The highest BCUT2D eigenvalue weighted by molar-refractivity contribution is 7.15. The van der Waals surface area contributed by atoms with Gasteiger partial charge in [0.1, 0.15) is 11.6 Å². The van der Waals surface area contributed by atoms with Crippen LogP contribution in [0, 0.1) is 6.92 Å². The zero-order chi connectivity index (χ0) is 24.5. The summed E-state index contributed by atoms with van der Waals surface area (Å²) in [5, 5.41) is 27.4. The van der Waals surface area contributed by atoms with Gasteiger partial charge >= 0.3 is 0 Å². The molecule has 0 aliphatic heterocycles. The van der Waals surface area contributed by atoms with Gasteiger partial charge in [0.25, 0.3) is 0 Å². The number of nitrogens with one attached hydrogen (secondary N) is 2. The largest absolute Gasteiger partial charge is 0.309 e. The standard InChI is InChI=1S/C24H26N8O2S/c1-17-6-4-7-18(14-17)15-21(33)26-20-11-10-19(28-29-20)8-2-3-9-23-30-31-24(35-23)27-22(34)16-32-13-5-12-25-32/h4-7,10-14H,2-3,8-9,15-16H2,1H3,(H,26,29,33)(H,27,31,34). The van der Waals surface area contributed by atoms with E-state index in [1.165, 1.54) is 11.3 Å². The zero-order valence-corrected chi connectivity index (χ0v) is 20.2. The Bertz CT molecular complexity index is 1250. The third-order valence-corrected chi connectivity index (χ3v) is 5.98. The molecule has 0 saturated carbocycles. The molecule has 2 N–H and O–H groups in total. The van der Waals surface area contributed by atoms with Crippen molar-refractivity contribution in [3.05, 3.63) is 76.7 Å². The summed E-state index contributed by atoms with van der Waals surface area (Å²) in [5.74, 6) is 0.138. The summed E-state index contributed by atoms with van der Waals surface area (Å²) in [7, 11) is 0. The lowest BCUT2D eigenvalue weighted by atomic mass is 10.1. The molecule has 4 rings (SSSR count). The number of carbonyl (C=O) groups excluding carboxylic acids is 2. The molecule has 0 radical (unpaired) electrons. The van der Waals surface area contributed by atoms with Crippen molar-refractivity contribution in [3.63, 3.8) is 0 Å². The Morgan fingerprint density at radius 3 is 2.60 bits per heavy atom. The molecule has 0 atom stereocenters. The van der Waals surface area contributed by atoms with Gasteiger partial charge in [-0.3, -0.25) is 19.6 Å². The van der Waals surface area contributed by atoms with Gasteiger partial charge in [-0.15, -0.1) is 15.3 Å². The normalized spacial score (nSPS) is 10.8. The van der Waals surface area contributed by atoms with E-state index in [-0.39, 0.29) is 18.4 Å². The molecule has 0 bridgehead atoms. The number of nitrogens with zero attached hydrogens (tertiary/aromatic N) is 6. The van der Waals surface area contributed by atoms with Crippen molar-refractivity contribution in [2.24, 2.45) is 0 Å². The number of aryl methyl sites for hydroxylation is 3. The Morgan fingerprint density at radius 1 is 0.943 bits per heavy atom. The Labute approximate surface area is 206 Å².